The van der Waals surface area contributed by atoms with Crippen LogP contribution in [0.3, 0.4) is 0 Å². The van der Waals surface area contributed by atoms with Crippen molar-refractivity contribution in [1.82, 2.24) is 0 Å². The van der Waals surface area contributed by atoms with Crippen molar-refractivity contribution in [2.75, 3.05) is 19.8 Å². The smallest absolute Gasteiger partial charge is 0.0575 e. The van der Waals surface area contributed by atoms with E-state index in [1.165, 1.54) is 10.0 Å². The zero-order valence-corrected chi connectivity index (χ0v) is 17.7. The van der Waals surface area contributed by atoms with Gasteiger partial charge in [-0.25, -0.2) is 0 Å². The summed E-state index contributed by atoms with van der Waals surface area (Å²) in [5.41, 5.74) is 1.44. The minimum absolute atomic E-state index is 0.0938. The monoisotopic (exact) mass is 408 g/mol. The second-order valence-electron chi connectivity index (χ2n) is 4.66. The van der Waals surface area contributed by atoms with Crippen LogP contribution in [0.15, 0.2) is 11.6 Å². The van der Waals surface area contributed by atoms with Gasteiger partial charge >= 0.3 is 52.5 Å². The summed E-state index contributed by atoms with van der Waals surface area (Å²) in [4.78, 5) is 0. The van der Waals surface area contributed by atoms with Gasteiger partial charge in [0.1, 0.15) is 0 Å². The molecule has 0 atom stereocenters. The molecule has 0 aromatic heterocycles. The Kier molecular flexibility index (Phi) is 51.9. The fraction of sp³-hybridized carbons (Fsp3) is 0.882. The Labute approximate surface area is 146 Å². The average molecular weight is 407 g/mol. The first-order valence-corrected chi connectivity index (χ1v) is 10.1. The van der Waals surface area contributed by atoms with Crippen LogP contribution in [0.5, 0.6) is 0 Å². The molecule has 4 heteroatoms. The van der Waals surface area contributed by atoms with Crippen LogP contribution in [0.2, 0.25) is 4.44 Å². The van der Waals surface area contributed by atoms with Gasteiger partial charge in [-0.15, -0.1) is 19.8 Å². The van der Waals surface area contributed by atoms with Gasteiger partial charge in [-0.1, -0.05) is 59.3 Å². The standard InChI is InChI=1S/C5H9.3C4H9O.Sn/c1-4-5(2)3;3*1-2-3-4-5;/h4H,1H2,2-3H3;3*2-4H2,1H3;/q;3*-1;+3. The van der Waals surface area contributed by atoms with Crippen LogP contribution in [0.25, 0.3) is 0 Å². The molecular formula is C17H36O3Sn. The Morgan fingerprint density at radius 1 is 0.762 bits per heavy atom. The molecule has 0 heterocycles. The molecule has 0 N–H and O–H groups in total. The number of hydrogen-bond donors (Lipinski definition) is 0. The van der Waals surface area contributed by atoms with Crippen LogP contribution in [0, 0.1) is 0 Å². The largest absolute Gasteiger partial charge is 0.854 e. The second-order valence-corrected chi connectivity index (χ2v) is 5.82. The molecule has 0 aliphatic rings. The molecule has 0 aromatic carbocycles. The quantitative estimate of drug-likeness (QED) is 0.479. The maximum absolute atomic E-state index is 9.53. The average Bonchev–Trinajstić information content (AvgIpc) is 2.43. The van der Waals surface area contributed by atoms with Gasteiger partial charge in [0, 0.05) is 0 Å². The van der Waals surface area contributed by atoms with Crippen molar-refractivity contribution in [3.63, 3.8) is 0 Å². The Morgan fingerprint density at radius 3 is 1.05 bits per heavy atom. The summed E-state index contributed by atoms with van der Waals surface area (Å²) >= 11 is 1.60. The molecule has 0 spiro atoms. The van der Waals surface area contributed by atoms with Gasteiger partial charge in [0.2, 0.25) is 0 Å². The Morgan fingerprint density at radius 2 is 1.05 bits per heavy atom. The Bertz CT molecular complexity index is 138. The first kappa shape index (κ1) is 29.4. The first-order chi connectivity index (χ1) is 10.0. The Balaban J connectivity index is -0.0000000921. The Hall–Kier alpha value is 0.419. The molecule has 0 aromatic rings. The van der Waals surface area contributed by atoms with Crippen LogP contribution < -0.4 is 15.3 Å². The van der Waals surface area contributed by atoms with E-state index in [1.807, 2.05) is 20.8 Å². The van der Waals surface area contributed by atoms with Gasteiger partial charge in [-0.3, -0.25) is 0 Å². The van der Waals surface area contributed by atoms with E-state index >= 15 is 0 Å². The molecule has 0 amide bonds. The molecular weight excluding hydrogens is 371 g/mol. The van der Waals surface area contributed by atoms with E-state index in [-0.39, 0.29) is 19.8 Å². The normalized spacial score (nSPS) is 8.29. The van der Waals surface area contributed by atoms with E-state index in [4.69, 9.17) is 0 Å². The van der Waals surface area contributed by atoms with E-state index < -0.39 is 0 Å². The van der Waals surface area contributed by atoms with Crippen molar-refractivity contribution in [2.45, 2.75) is 77.6 Å². The molecule has 0 saturated carbocycles. The van der Waals surface area contributed by atoms with E-state index in [0.29, 0.717) is 0 Å². The molecule has 0 bridgehead atoms. The predicted molar refractivity (Wildman–Crippen MR) is 89.3 cm³/mol. The summed E-state index contributed by atoms with van der Waals surface area (Å²) in [5, 5.41) is 28.6. The van der Waals surface area contributed by atoms with E-state index in [2.05, 4.69) is 19.9 Å². The van der Waals surface area contributed by atoms with E-state index in [0.717, 1.165) is 38.5 Å². The topological polar surface area (TPSA) is 69.2 Å². The molecule has 0 aliphatic heterocycles. The summed E-state index contributed by atoms with van der Waals surface area (Å²) in [6.07, 6.45) is 7.84. The maximum atomic E-state index is 9.53. The first-order valence-electron chi connectivity index (χ1n) is 8.04. The van der Waals surface area contributed by atoms with Crippen LogP contribution in [-0.2, 0) is 0 Å². The van der Waals surface area contributed by atoms with Crippen LogP contribution in [0.1, 0.15) is 73.1 Å². The predicted octanol–water partition coefficient (Wildman–Crippen LogP) is 1.98. The third-order valence-corrected chi connectivity index (χ3v) is 2.59. The van der Waals surface area contributed by atoms with Gasteiger partial charge in [-0.2, -0.15) is 0 Å². The SMILES string of the molecule is CC(C)=C[CH2][Sn+3].CCCC[O-].CCCC[O-].CCCC[O-]. The van der Waals surface area contributed by atoms with Crippen LogP contribution in [0.4, 0.5) is 0 Å². The molecule has 3 nitrogen and oxygen atoms in total. The minimum atomic E-state index is 0.0938. The molecule has 0 saturated heterocycles. The molecule has 0 radical (unpaired) electrons. The molecule has 126 valence electrons. The van der Waals surface area contributed by atoms with Crippen molar-refractivity contribution in [3.8, 4) is 0 Å². The van der Waals surface area contributed by atoms with Gasteiger partial charge in [0.25, 0.3) is 0 Å². The zero-order valence-electron chi connectivity index (χ0n) is 14.9. The summed E-state index contributed by atoms with van der Waals surface area (Å²) in [6.45, 7) is 10.6. The fourth-order valence-electron chi connectivity index (χ4n) is 0.637. The summed E-state index contributed by atoms with van der Waals surface area (Å²) in [7, 11) is 0. The summed E-state index contributed by atoms with van der Waals surface area (Å²) < 4.78 is 1.26. The third-order valence-electron chi connectivity index (χ3n) is 2.00. The van der Waals surface area contributed by atoms with Gasteiger partial charge in [0.15, 0.2) is 0 Å². The van der Waals surface area contributed by atoms with Crippen molar-refractivity contribution in [2.24, 2.45) is 0 Å². The molecule has 0 fully saturated rings. The van der Waals surface area contributed by atoms with Crippen LogP contribution in [-0.4, -0.2) is 42.3 Å². The van der Waals surface area contributed by atoms with Crippen molar-refractivity contribution in [3.05, 3.63) is 11.6 Å². The number of hydrogen-bond acceptors (Lipinski definition) is 3. The minimum Gasteiger partial charge on any atom is -0.854 e. The molecule has 0 unspecified atom stereocenters. The molecule has 0 rings (SSSR count). The number of rotatable bonds is 7. The third kappa shape index (κ3) is 78.1. The van der Waals surface area contributed by atoms with Gasteiger partial charge in [0.05, 0.1) is 0 Å². The summed E-state index contributed by atoms with van der Waals surface area (Å²) in [5.74, 6) is 0. The van der Waals surface area contributed by atoms with Gasteiger partial charge < -0.3 is 15.3 Å². The fourth-order valence-corrected chi connectivity index (χ4v) is 1.80. The van der Waals surface area contributed by atoms with Crippen LogP contribution >= 0.6 is 0 Å². The molecule has 0 aliphatic carbocycles. The van der Waals surface area contributed by atoms with E-state index in [1.54, 1.807) is 22.5 Å². The van der Waals surface area contributed by atoms with Gasteiger partial charge in [-0.05, 0) is 0 Å². The van der Waals surface area contributed by atoms with Crippen molar-refractivity contribution >= 4 is 22.5 Å². The maximum Gasteiger partial charge on any atom is -0.0575 e. The molecule has 21 heavy (non-hydrogen) atoms. The van der Waals surface area contributed by atoms with E-state index in [9.17, 15) is 15.3 Å². The van der Waals surface area contributed by atoms with Crippen molar-refractivity contribution in [1.29, 1.82) is 0 Å². The van der Waals surface area contributed by atoms with Crippen molar-refractivity contribution < 1.29 is 15.3 Å². The number of allylic oxidation sites excluding steroid dienone is 2. The zero-order chi connectivity index (χ0) is 17.4. The summed E-state index contributed by atoms with van der Waals surface area (Å²) in [6, 6.07) is 0. The number of unbranched alkanes of at least 4 members (excludes halogenated alkanes) is 3. The second kappa shape index (κ2) is 37.0.